The molecule has 1 unspecified atom stereocenters. The Kier molecular flexibility index (Phi) is 18.4. The fourth-order valence-electron chi connectivity index (χ4n) is 3.54. The van der Waals surface area contributed by atoms with Gasteiger partial charge in [-0.3, -0.25) is 24.1 Å². The molecule has 0 aliphatic rings. The van der Waals surface area contributed by atoms with Gasteiger partial charge < -0.3 is 19.2 Å². The van der Waals surface area contributed by atoms with Crippen molar-refractivity contribution < 1.29 is 37.6 Å². The number of carbonyl (C=O) groups excluding carboxylic acids is 4. The zero-order chi connectivity index (χ0) is 34.9. The summed E-state index contributed by atoms with van der Waals surface area (Å²) < 4.78 is 25.1. The smallest absolute Gasteiger partial charge is 0.360 e. The summed E-state index contributed by atoms with van der Waals surface area (Å²) in [5.41, 5.74) is 0.999. The number of esters is 2. The number of rotatable bonds is 12. The Bertz CT molecular complexity index is 1440. The maximum absolute atomic E-state index is 12.1. The van der Waals surface area contributed by atoms with E-state index >= 15 is 0 Å². The number of hydrogen-bond acceptors (Lipinski definition) is 11. The van der Waals surface area contributed by atoms with Gasteiger partial charge in [-0.05, 0) is 83.7 Å². The van der Waals surface area contributed by atoms with E-state index in [0.717, 1.165) is 0 Å². The number of nitrogens with one attached hydrogen (secondary N) is 1. The summed E-state index contributed by atoms with van der Waals surface area (Å²) in [6.07, 6.45) is 3.94. The maximum atomic E-state index is 12.1. The number of Topliss-reactive ketones (excluding diaryl/α,β-unsaturated/α-hetero) is 1. The molecule has 12 nitrogen and oxygen atoms in total. The van der Waals surface area contributed by atoms with Gasteiger partial charge in [-0.25, -0.2) is 14.6 Å². The largest absolute Gasteiger partial charge is 0.464 e. The minimum Gasteiger partial charge on any atom is -0.464 e. The zero-order valence-electron chi connectivity index (χ0n) is 26.4. The standard InChI is InChI=1S/C15H20N2O4.C15H18N2O3.Cl3OP/c1-4-21-15(20)13(12(18)9-10(2)3)17-14(19)11-7-5-6-8-16-11;1-4-19-15(18)13-12(9-10(2)3)20-14(17-13)11-7-5-6-8-16-11;1-5(2,3)4/h5-8,10,13H,4,9H2,1-3H3,(H,17,19);5-8,10H,4,9H2,1-3H3;. The van der Waals surface area contributed by atoms with Crippen LogP contribution in [0.25, 0.3) is 11.6 Å². The number of carbonyl (C=O) groups is 4. The van der Waals surface area contributed by atoms with Crippen LogP contribution in [0.2, 0.25) is 0 Å². The van der Waals surface area contributed by atoms with Gasteiger partial charge in [0.15, 0.2) is 17.5 Å². The van der Waals surface area contributed by atoms with Gasteiger partial charge in [0.05, 0.1) is 13.2 Å². The molecule has 1 N–H and O–H groups in total. The van der Waals surface area contributed by atoms with E-state index in [1.807, 2.05) is 26.0 Å². The monoisotopic (exact) mass is 718 g/mol. The molecule has 3 heterocycles. The first-order valence-corrected chi connectivity index (χ1v) is 18.7. The minimum atomic E-state index is -3.22. The number of hydrogen-bond donors (Lipinski definition) is 1. The van der Waals surface area contributed by atoms with E-state index < -0.39 is 29.1 Å². The summed E-state index contributed by atoms with van der Waals surface area (Å²) in [7, 11) is 0. The molecular formula is C30H38Cl3N4O8P. The number of ether oxygens (including phenoxy) is 2. The van der Waals surface area contributed by atoms with Gasteiger partial charge >= 0.3 is 17.1 Å². The minimum absolute atomic E-state index is 0.0844. The molecule has 16 heteroatoms. The summed E-state index contributed by atoms with van der Waals surface area (Å²) in [6.45, 7) is 11.7. The molecule has 3 aromatic rings. The number of oxazole rings is 1. The van der Waals surface area contributed by atoms with Crippen molar-refractivity contribution in [1.82, 2.24) is 20.3 Å². The van der Waals surface area contributed by atoms with Crippen molar-refractivity contribution in [3.8, 4) is 11.6 Å². The second kappa shape index (κ2) is 20.7. The van der Waals surface area contributed by atoms with Crippen LogP contribution in [0.1, 0.15) is 74.7 Å². The van der Waals surface area contributed by atoms with Gasteiger partial charge in [-0.1, -0.05) is 39.8 Å². The number of nitrogens with zero attached hydrogens (tertiary/aromatic N) is 3. The summed E-state index contributed by atoms with van der Waals surface area (Å²) in [4.78, 5) is 60.2. The Morgan fingerprint density at radius 3 is 1.96 bits per heavy atom. The van der Waals surface area contributed by atoms with Gasteiger partial charge in [0, 0.05) is 25.2 Å². The second-order valence-corrected chi connectivity index (χ2v) is 16.8. The number of ketones is 1. The van der Waals surface area contributed by atoms with E-state index in [-0.39, 0.29) is 36.1 Å². The predicted octanol–water partition coefficient (Wildman–Crippen LogP) is 7.28. The van der Waals surface area contributed by atoms with Gasteiger partial charge in [0.2, 0.25) is 5.89 Å². The highest BCUT2D eigenvalue weighted by Crippen LogP contribution is 2.61. The summed E-state index contributed by atoms with van der Waals surface area (Å²) in [6, 6.07) is 8.99. The lowest BCUT2D eigenvalue weighted by molar-refractivity contribution is -0.148. The van der Waals surface area contributed by atoms with E-state index in [0.29, 0.717) is 36.3 Å². The number of pyridine rings is 2. The van der Waals surface area contributed by atoms with Crippen molar-refractivity contribution in [3.63, 3.8) is 0 Å². The highest BCUT2D eigenvalue weighted by Gasteiger charge is 2.30. The summed E-state index contributed by atoms with van der Waals surface area (Å²) >= 11 is 13.8. The average molecular weight is 720 g/mol. The van der Waals surface area contributed by atoms with E-state index in [4.69, 9.17) is 13.9 Å². The number of amides is 1. The van der Waals surface area contributed by atoms with Crippen LogP contribution in [-0.4, -0.2) is 57.8 Å². The number of aromatic nitrogens is 3. The third kappa shape index (κ3) is 16.3. The van der Waals surface area contributed by atoms with Crippen molar-refractivity contribution in [3.05, 3.63) is 65.9 Å². The fraction of sp³-hybridized carbons (Fsp3) is 0.433. The summed E-state index contributed by atoms with van der Waals surface area (Å²) in [5.74, 6) is -0.794. The molecule has 0 aromatic carbocycles. The van der Waals surface area contributed by atoms with Crippen molar-refractivity contribution in [2.24, 2.45) is 11.8 Å². The molecular weight excluding hydrogens is 682 g/mol. The van der Waals surface area contributed by atoms with Gasteiger partial charge in [-0.15, -0.1) is 0 Å². The lowest BCUT2D eigenvalue weighted by Gasteiger charge is -2.17. The van der Waals surface area contributed by atoms with Crippen molar-refractivity contribution in [2.75, 3.05) is 13.2 Å². The lowest BCUT2D eigenvalue weighted by Crippen LogP contribution is -2.47. The van der Waals surface area contributed by atoms with Crippen LogP contribution in [0.15, 0.2) is 53.2 Å². The van der Waals surface area contributed by atoms with E-state index in [1.165, 1.54) is 12.3 Å². The van der Waals surface area contributed by atoms with Crippen LogP contribution in [0.5, 0.6) is 0 Å². The molecule has 1 amide bonds. The first kappa shape index (κ1) is 40.7. The molecule has 0 saturated heterocycles. The molecule has 3 rings (SSSR count). The van der Waals surface area contributed by atoms with E-state index in [9.17, 15) is 23.7 Å². The molecule has 46 heavy (non-hydrogen) atoms. The highest BCUT2D eigenvalue weighted by atomic mass is 36.0. The first-order chi connectivity index (χ1) is 21.6. The fourth-order valence-corrected chi connectivity index (χ4v) is 3.54. The quantitative estimate of drug-likeness (QED) is 0.113. The molecule has 3 aromatic heterocycles. The Morgan fingerprint density at radius 2 is 1.48 bits per heavy atom. The van der Waals surface area contributed by atoms with Crippen molar-refractivity contribution >= 4 is 62.6 Å². The van der Waals surface area contributed by atoms with Crippen LogP contribution >= 0.6 is 38.9 Å². The molecule has 0 aliphatic heterocycles. The molecule has 0 spiro atoms. The predicted molar refractivity (Wildman–Crippen MR) is 176 cm³/mol. The van der Waals surface area contributed by atoms with Gasteiger partial charge in [0.25, 0.3) is 5.91 Å². The Hall–Kier alpha value is -3.31. The van der Waals surface area contributed by atoms with Crippen LogP contribution in [0.4, 0.5) is 0 Å². The Balaban J connectivity index is 0.000000401. The third-order valence-electron chi connectivity index (χ3n) is 5.27. The van der Waals surface area contributed by atoms with Crippen LogP contribution < -0.4 is 5.32 Å². The third-order valence-corrected chi connectivity index (χ3v) is 5.27. The normalized spacial score (nSPS) is 11.4. The van der Waals surface area contributed by atoms with E-state index in [2.05, 4.69) is 67.8 Å². The summed E-state index contributed by atoms with van der Waals surface area (Å²) in [5, 5.41) is -0.825. The first-order valence-electron chi connectivity index (χ1n) is 14.3. The highest BCUT2D eigenvalue weighted by molar-refractivity contribution is 8.24. The van der Waals surface area contributed by atoms with Crippen LogP contribution in [0, 0.1) is 11.8 Å². The lowest BCUT2D eigenvalue weighted by atomic mass is 10.0. The molecule has 0 aliphatic carbocycles. The SMILES string of the molecule is CCOC(=O)C(NC(=O)c1ccccn1)C(=O)CC(C)C.CCOC(=O)c1nc(-c2ccccn2)oc1CC(C)C.O=P(Cl)(Cl)Cl. The molecule has 252 valence electrons. The Labute approximate surface area is 282 Å². The topological polar surface area (TPSA) is 168 Å². The number of halogens is 3. The molecule has 0 saturated carbocycles. The molecule has 0 bridgehead atoms. The van der Waals surface area contributed by atoms with E-state index in [1.54, 1.807) is 38.2 Å². The van der Waals surface area contributed by atoms with Crippen LogP contribution in [-0.2, 0) is 30.0 Å². The van der Waals surface area contributed by atoms with Crippen molar-refractivity contribution in [2.45, 2.75) is 60.4 Å². The second-order valence-electron chi connectivity index (χ2n) is 10.2. The van der Waals surface area contributed by atoms with Gasteiger partial charge in [0.1, 0.15) is 17.1 Å². The van der Waals surface area contributed by atoms with Crippen molar-refractivity contribution in [1.29, 1.82) is 0 Å². The zero-order valence-corrected chi connectivity index (χ0v) is 29.5. The molecule has 1 atom stereocenters. The average Bonchev–Trinajstić information content (AvgIpc) is 3.39. The van der Waals surface area contributed by atoms with Crippen LogP contribution in [0.3, 0.4) is 0 Å². The Morgan fingerprint density at radius 1 is 0.891 bits per heavy atom. The maximum Gasteiger partial charge on any atom is 0.360 e. The molecule has 0 radical (unpaired) electrons. The molecule has 0 fully saturated rings. The van der Waals surface area contributed by atoms with Gasteiger partial charge in [-0.2, -0.15) is 0 Å².